The molecule has 0 saturated carbocycles. The first-order chi connectivity index (χ1) is 9.56. The lowest BCUT2D eigenvalue weighted by Crippen LogP contribution is -2.47. The molecule has 1 aliphatic heterocycles. The van der Waals surface area contributed by atoms with Crippen LogP contribution in [0.5, 0.6) is 0 Å². The normalized spacial score (nSPS) is 16.9. The van der Waals surface area contributed by atoms with Crippen LogP contribution in [0.2, 0.25) is 0 Å². The van der Waals surface area contributed by atoms with Crippen LogP contribution in [0.15, 0.2) is 27.1 Å². The number of nitrogens with zero attached hydrogens (tertiary/aromatic N) is 2. The standard InChI is InChI=1S/C14H15Br2N3O/c1-18-4-6-19(7-5-18)14(20)13-12(16)10-8-9(15)2-3-11(10)17-13/h2-3,8,17H,4-7H2,1H3. The van der Waals surface area contributed by atoms with E-state index in [-0.39, 0.29) is 5.91 Å². The third kappa shape index (κ3) is 2.52. The number of amides is 1. The molecule has 1 aromatic heterocycles. The Kier molecular flexibility index (Phi) is 3.88. The molecule has 4 nitrogen and oxygen atoms in total. The minimum Gasteiger partial charge on any atom is -0.350 e. The Hall–Kier alpha value is -0.850. The number of carbonyl (C=O) groups excluding carboxylic acids is 1. The first-order valence-corrected chi connectivity index (χ1v) is 8.09. The third-order valence-corrected chi connectivity index (χ3v) is 5.02. The number of H-pyrrole nitrogens is 1. The topological polar surface area (TPSA) is 39.3 Å². The zero-order valence-corrected chi connectivity index (χ0v) is 14.3. The van der Waals surface area contributed by atoms with Crippen molar-refractivity contribution in [2.24, 2.45) is 0 Å². The van der Waals surface area contributed by atoms with E-state index in [1.807, 2.05) is 23.1 Å². The van der Waals surface area contributed by atoms with Crippen molar-refractivity contribution in [3.63, 3.8) is 0 Å². The summed E-state index contributed by atoms with van der Waals surface area (Å²) in [7, 11) is 2.08. The SMILES string of the molecule is CN1CCN(C(=O)c2[nH]c3ccc(Br)cc3c2Br)CC1. The number of benzene rings is 1. The third-order valence-electron chi connectivity index (χ3n) is 3.70. The lowest BCUT2D eigenvalue weighted by atomic mass is 10.2. The van der Waals surface area contributed by atoms with Gasteiger partial charge in [0.05, 0.1) is 4.47 Å². The molecule has 0 bridgehead atoms. The molecule has 1 aliphatic rings. The van der Waals surface area contributed by atoms with Crippen LogP contribution in [-0.4, -0.2) is 53.9 Å². The zero-order valence-electron chi connectivity index (χ0n) is 11.1. The van der Waals surface area contributed by atoms with Gasteiger partial charge in [-0.05, 0) is 41.2 Å². The summed E-state index contributed by atoms with van der Waals surface area (Å²) in [5.74, 6) is 0.0669. The van der Waals surface area contributed by atoms with E-state index in [2.05, 4.69) is 48.8 Å². The lowest BCUT2D eigenvalue weighted by molar-refractivity contribution is 0.0658. The van der Waals surface area contributed by atoms with E-state index in [0.29, 0.717) is 5.69 Å². The molecule has 1 amide bonds. The van der Waals surface area contributed by atoms with Gasteiger partial charge in [-0.1, -0.05) is 15.9 Å². The second kappa shape index (κ2) is 5.50. The summed E-state index contributed by atoms with van der Waals surface area (Å²) in [6.45, 7) is 3.41. The molecule has 0 aliphatic carbocycles. The molecule has 2 aromatic rings. The average molecular weight is 401 g/mol. The van der Waals surface area contributed by atoms with Crippen molar-refractivity contribution in [3.8, 4) is 0 Å². The average Bonchev–Trinajstić information content (AvgIpc) is 2.76. The second-order valence-electron chi connectivity index (χ2n) is 5.10. The number of hydrogen-bond acceptors (Lipinski definition) is 2. The highest BCUT2D eigenvalue weighted by atomic mass is 79.9. The van der Waals surface area contributed by atoms with Crippen molar-refractivity contribution in [1.29, 1.82) is 0 Å². The highest BCUT2D eigenvalue weighted by molar-refractivity contribution is 9.11. The van der Waals surface area contributed by atoms with Crippen molar-refractivity contribution < 1.29 is 4.79 Å². The molecule has 1 saturated heterocycles. The summed E-state index contributed by atoms with van der Waals surface area (Å²) in [4.78, 5) is 20.0. The van der Waals surface area contributed by atoms with Crippen LogP contribution in [0.25, 0.3) is 10.9 Å². The summed E-state index contributed by atoms with van der Waals surface area (Å²) < 4.78 is 1.85. The summed E-state index contributed by atoms with van der Waals surface area (Å²) in [6, 6.07) is 5.96. The van der Waals surface area contributed by atoms with Gasteiger partial charge in [-0.3, -0.25) is 4.79 Å². The number of carbonyl (C=O) groups is 1. The molecular formula is C14H15Br2N3O. The maximum atomic E-state index is 12.6. The number of piperazine rings is 1. The Morgan fingerprint density at radius 1 is 1.20 bits per heavy atom. The zero-order chi connectivity index (χ0) is 14.3. The molecule has 106 valence electrons. The van der Waals surface area contributed by atoms with Crippen molar-refractivity contribution in [1.82, 2.24) is 14.8 Å². The molecule has 0 atom stereocenters. The Bertz CT molecular complexity index is 660. The van der Waals surface area contributed by atoms with Crippen molar-refractivity contribution >= 4 is 48.7 Å². The number of nitrogens with one attached hydrogen (secondary N) is 1. The fraction of sp³-hybridized carbons (Fsp3) is 0.357. The molecule has 0 unspecified atom stereocenters. The van der Waals surface area contributed by atoms with Crippen molar-refractivity contribution in [3.05, 3.63) is 32.8 Å². The van der Waals surface area contributed by atoms with E-state index >= 15 is 0 Å². The summed E-state index contributed by atoms with van der Waals surface area (Å²) in [6.07, 6.45) is 0. The fourth-order valence-corrected chi connectivity index (χ4v) is 3.40. The molecular weight excluding hydrogens is 386 g/mol. The fourth-order valence-electron chi connectivity index (χ4n) is 2.45. The number of aromatic nitrogens is 1. The van der Waals surface area contributed by atoms with E-state index in [9.17, 15) is 4.79 Å². The summed E-state index contributed by atoms with van der Waals surface area (Å²) >= 11 is 7.02. The number of halogens is 2. The van der Waals surface area contributed by atoms with E-state index in [4.69, 9.17) is 0 Å². The number of rotatable bonds is 1. The van der Waals surface area contributed by atoms with Crippen LogP contribution >= 0.6 is 31.9 Å². The molecule has 20 heavy (non-hydrogen) atoms. The molecule has 1 N–H and O–H groups in total. The molecule has 2 heterocycles. The maximum Gasteiger partial charge on any atom is 0.271 e. The Balaban J connectivity index is 1.93. The van der Waals surface area contributed by atoms with Crippen molar-refractivity contribution in [2.45, 2.75) is 0 Å². The van der Waals surface area contributed by atoms with Gasteiger partial charge in [0.25, 0.3) is 5.91 Å². The van der Waals surface area contributed by atoms with Crippen LogP contribution in [0, 0.1) is 0 Å². The van der Waals surface area contributed by atoms with Crippen LogP contribution < -0.4 is 0 Å². The van der Waals surface area contributed by atoms with Gasteiger partial charge in [-0.15, -0.1) is 0 Å². The van der Waals surface area contributed by atoms with E-state index < -0.39 is 0 Å². The molecule has 1 fully saturated rings. The maximum absolute atomic E-state index is 12.6. The molecule has 3 rings (SSSR count). The second-order valence-corrected chi connectivity index (χ2v) is 6.81. The van der Waals surface area contributed by atoms with Gasteiger partial charge >= 0.3 is 0 Å². The van der Waals surface area contributed by atoms with E-state index in [1.54, 1.807) is 0 Å². The first-order valence-electron chi connectivity index (χ1n) is 6.51. The number of fused-ring (bicyclic) bond motifs is 1. The largest absolute Gasteiger partial charge is 0.350 e. The van der Waals surface area contributed by atoms with Crippen molar-refractivity contribution in [2.75, 3.05) is 33.2 Å². The monoisotopic (exact) mass is 399 g/mol. The predicted molar refractivity (Wildman–Crippen MR) is 87.1 cm³/mol. The summed E-state index contributed by atoms with van der Waals surface area (Å²) in [5.41, 5.74) is 1.61. The Morgan fingerprint density at radius 3 is 2.60 bits per heavy atom. The molecule has 0 radical (unpaired) electrons. The summed E-state index contributed by atoms with van der Waals surface area (Å²) in [5, 5.41) is 1.02. The lowest BCUT2D eigenvalue weighted by Gasteiger charge is -2.32. The van der Waals surface area contributed by atoms with Crippen LogP contribution in [0.1, 0.15) is 10.5 Å². The van der Waals surface area contributed by atoms with E-state index in [0.717, 1.165) is 46.0 Å². The van der Waals surface area contributed by atoms with Crippen LogP contribution in [0.3, 0.4) is 0 Å². The van der Waals surface area contributed by atoms with Gasteiger partial charge < -0.3 is 14.8 Å². The van der Waals surface area contributed by atoms with Gasteiger partial charge in [0.1, 0.15) is 5.69 Å². The Morgan fingerprint density at radius 2 is 1.90 bits per heavy atom. The number of hydrogen-bond donors (Lipinski definition) is 1. The smallest absolute Gasteiger partial charge is 0.271 e. The quantitative estimate of drug-likeness (QED) is 0.798. The van der Waals surface area contributed by atoms with Gasteiger partial charge in [-0.2, -0.15) is 0 Å². The minimum absolute atomic E-state index is 0.0669. The highest BCUT2D eigenvalue weighted by Gasteiger charge is 2.24. The predicted octanol–water partition coefficient (Wildman–Crippen LogP) is 3.08. The van der Waals surface area contributed by atoms with Gasteiger partial charge in [0.15, 0.2) is 0 Å². The molecule has 6 heteroatoms. The molecule has 0 spiro atoms. The van der Waals surface area contributed by atoms with E-state index in [1.165, 1.54) is 0 Å². The van der Waals surface area contributed by atoms with Crippen LogP contribution in [0.4, 0.5) is 0 Å². The minimum atomic E-state index is 0.0669. The Labute approximate surface area is 134 Å². The van der Waals surface area contributed by atoms with Gasteiger partial charge in [0, 0.05) is 41.6 Å². The van der Waals surface area contributed by atoms with Crippen LogP contribution in [-0.2, 0) is 0 Å². The van der Waals surface area contributed by atoms with Gasteiger partial charge in [-0.25, -0.2) is 0 Å². The first kappa shape index (κ1) is 14.1. The van der Waals surface area contributed by atoms with Gasteiger partial charge in [0.2, 0.25) is 0 Å². The highest BCUT2D eigenvalue weighted by Crippen LogP contribution is 2.31. The number of likely N-dealkylation sites (N-methyl/N-ethyl adjacent to an activating group) is 1. The number of aromatic amines is 1. The molecule has 1 aromatic carbocycles.